The highest BCUT2D eigenvalue weighted by molar-refractivity contribution is 5.95. The van der Waals surface area contributed by atoms with Gasteiger partial charge in [-0.05, 0) is 36.4 Å². The quantitative estimate of drug-likeness (QED) is 0.831. The summed E-state index contributed by atoms with van der Waals surface area (Å²) in [5.74, 6) is -2.36. The maximum absolute atomic E-state index is 13.4. The molecule has 2 rings (SSSR count). The fraction of sp³-hybridized carbons (Fsp3) is 0.125. The van der Waals surface area contributed by atoms with Gasteiger partial charge in [0.05, 0.1) is 24.9 Å². The average molecular weight is 320 g/mol. The van der Waals surface area contributed by atoms with Crippen molar-refractivity contribution in [3.8, 4) is 0 Å². The lowest BCUT2D eigenvalue weighted by atomic mass is 10.2. The number of hydrogen-bond donors (Lipinski definition) is 2. The number of carbonyl (C=O) groups excluding carboxylic acids is 2. The van der Waals surface area contributed by atoms with Gasteiger partial charge in [0.25, 0.3) is 0 Å². The van der Waals surface area contributed by atoms with Gasteiger partial charge in [0, 0.05) is 11.8 Å². The zero-order valence-corrected chi connectivity index (χ0v) is 12.2. The Balaban J connectivity index is 1.90. The Kier molecular flexibility index (Phi) is 5.24. The molecule has 23 heavy (non-hydrogen) atoms. The van der Waals surface area contributed by atoms with E-state index in [4.69, 9.17) is 0 Å². The summed E-state index contributed by atoms with van der Waals surface area (Å²) in [7, 11) is 1.28. The summed E-state index contributed by atoms with van der Waals surface area (Å²) in [5, 5.41) is 5.15. The second-order valence-electron chi connectivity index (χ2n) is 4.59. The first-order chi connectivity index (χ1) is 11.0. The molecular formula is C16H14F2N2O3. The normalized spacial score (nSPS) is 10.0. The SMILES string of the molecule is COC(=O)c1ccc(NC(=O)CNc2ccc(F)cc2F)cc1. The van der Waals surface area contributed by atoms with E-state index in [1.807, 2.05) is 0 Å². The zero-order chi connectivity index (χ0) is 16.8. The van der Waals surface area contributed by atoms with Crippen LogP contribution in [0.25, 0.3) is 0 Å². The van der Waals surface area contributed by atoms with Crippen LogP contribution >= 0.6 is 0 Å². The Morgan fingerprint density at radius 2 is 1.78 bits per heavy atom. The molecule has 0 aliphatic carbocycles. The minimum Gasteiger partial charge on any atom is -0.465 e. The molecule has 2 N–H and O–H groups in total. The summed E-state index contributed by atoms with van der Waals surface area (Å²) in [6.07, 6.45) is 0. The largest absolute Gasteiger partial charge is 0.465 e. The van der Waals surface area contributed by atoms with Crippen molar-refractivity contribution in [2.24, 2.45) is 0 Å². The summed E-state index contributed by atoms with van der Waals surface area (Å²) < 4.78 is 30.7. The molecule has 2 aromatic carbocycles. The van der Waals surface area contributed by atoms with Crippen molar-refractivity contribution >= 4 is 23.3 Å². The highest BCUT2D eigenvalue weighted by atomic mass is 19.1. The summed E-state index contributed by atoms with van der Waals surface area (Å²) in [4.78, 5) is 23.1. The molecule has 0 bridgehead atoms. The number of ether oxygens (including phenoxy) is 1. The first-order valence-corrected chi connectivity index (χ1v) is 6.67. The van der Waals surface area contributed by atoms with Crippen molar-refractivity contribution in [3.63, 3.8) is 0 Å². The number of benzene rings is 2. The van der Waals surface area contributed by atoms with Crippen molar-refractivity contribution in [2.75, 3.05) is 24.3 Å². The molecule has 0 saturated carbocycles. The Bertz CT molecular complexity index is 718. The van der Waals surface area contributed by atoms with Crippen LogP contribution in [-0.4, -0.2) is 25.5 Å². The van der Waals surface area contributed by atoms with Crippen LogP contribution in [0.15, 0.2) is 42.5 Å². The van der Waals surface area contributed by atoms with Crippen LogP contribution in [0.1, 0.15) is 10.4 Å². The molecule has 0 saturated heterocycles. The van der Waals surface area contributed by atoms with E-state index in [9.17, 15) is 18.4 Å². The standard InChI is InChI=1S/C16H14F2N2O3/c1-23-16(22)10-2-5-12(6-3-10)20-15(21)9-19-14-7-4-11(17)8-13(14)18/h2-8,19H,9H2,1H3,(H,20,21). The van der Waals surface area contributed by atoms with E-state index in [0.717, 1.165) is 12.1 Å². The lowest BCUT2D eigenvalue weighted by molar-refractivity contribution is -0.114. The third kappa shape index (κ3) is 4.50. The molecule has 5 nitrogen and oxygen atoms in total. The van der Waals surface area contributed by atoms with Gasteiger partial charge in [0.1, 0.15) is 11.6 Å². The van der Waals surface area contributed by atoms with Crippen molar-refractivity contribution in [1.82, 2.24) is 0 Å². The van der Waals surface area contributed by atoms with Crippen LogP contribution in [0.3, 0.4) is 0 Å². The Hall–Kier alpha value is -2.96. The average Bonchev–Trinajstić information content (AvgIpc) is 2.54. The molecule has 0 aliphatic rings. The molecule has 1 amide bonds. The Morgan fingerprint density at radius 1 is 1.09 bits per heavy atom. The lowest BCUT2D eigenvalue weighted by Crippen LogP contribution is -2.22. The second kappa shape index (κ2) is 7.35. The lowest BCUT2D eigenvalue weighted by Gasteiger charge is -2.09. The molecule has 0 atom stereocenters. The van der Waals surface area contributed by atoms with Crippen molar-refractivity contribution in [3.05, 3.63) is 59.7 Å². The summed E-state index contributed by atoms with van der Waals surface area (Å²) in [6.45, 7) is -0.193. The maximum atomic E-state index is 13.4. The zero-order valence-electron chi connectivity index (χ0n) is 12.2. The van der Waals surface area contributed by atoms with Crippen LogP contribution < -0.4 is 10.6 Å². The number of rotatable bonds is 5. The van der Waals surface area contributed by atoms with Gasteiger partial charge in [-0.3, -0.25) is 4.79 Å². The number of methoxy groups -OCH3 is 1. The predicted octanol–water partition coefficient (Wildman–Crippen LogP) is 2.80. The monoisotopic (exact) mass is 320 g/mol. The Morgan fingerprint density at radius 3 is 2.39 bits per heavy atom. The van der Waals surface area contributed by atoms with E-state index in [0.29, 0.717) is 11.3 Å². The van der Waals surface area contributed by atoms with Crippen LogP contribution in [-0.2, 0) is 9.53 Å². The van der Waals surface area contributed by atoms with E-state index in [2.05, 4.69) is 15.4 Å². The smallest absolute Gasteiger partial charge is 0.337 e. The van der Waals surface area contributed by atoms with E-state index in [1.165, 1.54) is 25.3 Å². The number of anilines is 2. The number of nitrogens with one attached hydrogen (secondary N) is 2. The fourth-order valence-corrected chi connectivity index (χ4v) is 1.82. The fourth-order valence-electron chi connectivity index (χ4n) is 1.82. The second-order valence-corrected chi connectivity index (χ2v) is 4.59. The molecule has 120 valence electrons. The number of halogens is 2. The van der Waals surface area contributed by atoms with E-state index in [-0.39, 0.29) is 12.2 Å². The van der Waals surface area contributed by atoms with Gasteiger partial charge in [-0.1, -0.05) is 0 Å². The highest BCUT2D eigenvalue weighted by Crippen LogP contribution is 2.15. The first-order valence-electron chi connectivity index (χ1n) is 6.67. The number of amides is 1. The minimum absolute atomic E-state index is 0.0302. The topological polar surface area (TPSA) is 67.4 Å². The molecule has 2 aromatic rings. The predicted molar refractivity (Wildman–Crippen MR) is 81.3 cm³/mol. The van der Waals surface area contributed by atoms with E-state index < -0.39 is 23.5 Å². The van der Waals surface area contributed by atoms with Crippen molar-refractivity contribution in [2.45, 2.75) is 0 Å². The van der Waals surface area contributed by atoms with Crippen LogP contribution in [0, 0.1) is 11.6 Å². The van der Waals surface area contributed by atoms with Gasteiger partial charge in [-0.15, -0.1) is 0 Å². The van der Waals surface area contributed by atoms with Crippen LogP contribution in [0.5, 0.6) is 0 Å². The van der Waals surface area contributed by atoms with Crippen LogP contribution in [0.4, 0.5) is 20.2 Å². The highest BCUT2D eigenvalue weighted by Gasteiger charge is 2.08. The third-order valence-electron chi connectivity index (χ3n) is 2.96. The molecule has 0 spiro atoms. The molecule has 0 fully saturated rings. The van der Waals surface area contributed by atoms with Gasteiger partial charge in [-0.2, -0.15) is 0 Å². The number of carbonyl (C=O) groups is 2. The Labute approximate surface area is 131 Å². The molecule has 0 unspecified atom stereocenters. The van der Waals surface area contributed by atoms with Gasteiger partial charge in [0.15, 0.2) is 0 Å². The van der Waals surface area contributed by atoms with Crippen molar-refractivity contribution < 1.29 is 23.1 Å². The summed E-state index contributed by atoms with van der Waals surface area (Å²) >= 11 is 0. The number of esters is 1. The van der Waals surface area contributed by atoms with Gasteiger partial charge in [-0.25, -0.2) is 13.6 Å². The van der Waals surface area contributed by atoms with Gasteiger partial charge < -0.3 is 15.4 Å². The van der Waals surface area contributed by atoms with E-state index in [1.54, 1.807) is 12.1 Å². The molecule has 7 heteroatoms. The first kappa shape index (κ1) is 16.4. The van der Waals surface area contributed by atoms with E-state index >= 15 is 0 Å². The summed E-state index contributed by atoms with van der Waals surface area (Å²) in [5.41, 5.74) is 0.864. The van der Waals surface area contributed by atoms with Crippen LogP contribution in [0.2, 0.25) is 0 Å². The third-order valence-corrected chi connectivity index (χ3v) is 2.96. The molecule has 0 aliphatic heterocycles. The minimum atomic E-state index is -0.778. The molecule has 0 heterocycles. The molecule has 0 radical (unpaired) electrons. The maximum Gasteiger partial charge on any atom is 0.337 e. The summed E-state index contributed by atoms with van der Waals surface area (Å²) in [6, 6.07) is 9.14. The van der Waals surface area contributed by atoms with Gasteiger partial charge >= 0.3 is 5.97 Å². The van der Waals surface area contributed by atoms with Crippen molar-refractivity contribution in [1.29, 1.82) is 0 Å². The molecular weight excluding hydrogens is 306 g/mol. The van der Waals surface area contributed by atoms with Gasteiger partial charge in [0.2, 0.25) is 5.91 Å². The molecule has 0 aromatic heterocycles. The number of hydrogen-bond acceptors (Lipinski definition) is 4.